The number of sulfonamides is 1. The molecule has 21 heavy (non-hydrogen) atoms. The van der Waals surface area contributed by atoms with Crippen molar-refractivity contribution in [2.24, 2.45) is 0 Å². The van der Waals surface area contributed by atoms with Crippen LogP contribution in [0.5, 0.6) is 0 Å². The van der Waals surface area contributed by atoms with Gasteiger partial charge in [0, 0.05) is 13.1 Å². The predicted octanol–water partition coefficient (Wildman–Crippen LogP) is 1.09. The minimum atomic E-state index is -3.77. The van der Waals surface area contributed by atoms with Crippen LogP contribution in [0.4, 0.5) is 0 Å². The number of β-amino-alcohol motifs (C(OH)–C–C–N with tert-alkyl or cyclic N) is 1. The van der Waals surface area contributed by atoms with Crippen LogP contribution in [0.1, 0.15) is 35.7 Å². The molecule has 0 bridgehead atoms. The Balaban J connectivity index is 2.40. The molecule has 0 saturated carbocycles. The van der Waals surface area contributed by atoms with Crippen LogP contribution >= 0.6 is 0 Å². The maximum Gasteiger partial charge on any atom is 0.336 e. The summed E-state index contributed by atoms with van der Waals surface area (Å²) in [7, 11) is -3.77. The predicted molar refractivity (Wildman–Crippen MR) is 76.8 cm³/mol. The molecule has 0 spiro atoms. The molecule has 0 radical (unpaired) electrons. The van der Waals surface area contributed by atoms with Crippen LogP contribution in [0.15, 0.2) is 23.1 Å². The van der Waals surface area contributed by atoms with Crippen molar-refractivity contribution in [1.29, 1.82) is 0 Å². The normalized spacial score (nSPS) is 20.4. The van der Waals surface area contributed by atoms with Crippen molar-refractivity contribution in [2.75, 3.05) is 13.1 Å². The maximum atomic E-state index is 12.5. The number of aliphatic hydroxyl groups is 1. The Morgan fingerprint density at radius 2 is 2.14 bits per heavy atom. The molecule has 0 aromatic heterocycles. The van der Waals surface area contributed by atoms with Crippen LogP contribution in [-0.2, 0) is 16.4 Å². The standard InChI is InChI=1S/C14H19NO5S/c1-2-10-5-6-12(8-13(10)14(17)18)21(19,20)15-7-3-4-11(16)9-15/h5-6,8,11,16H,2-4,7,9H2,1H3,(H,17,18)/t11-/m0/s1. The summed E-state index contributed by atoms with van der Waals surface area (Å²) in [5.74, 6) is -1.14. The zero-order valence-corrected chi connectivity index (χ0v) is 12.6. The number of hydrogen-bond acceptors (Lipinski definition) is 4. The van der Waals surface area contributed by atoms with E-state index in [2.05, 4.69) is 0 Å². The van der Waals surface area contributed by atoms with Gasteiger partial charge in [0.15, 0.2) is 0 Å². The van der Waals surface area contributed by atoms with Crippen LogP contribution in [0, 0.1) is 0 Å². The van der Waals surface area contributed by atoms with Gasteiger partial charge in [-0.2, -0.15) is 4.31 Å². The molecule has 1 aromatic rings. The molecule has 0 unspecified atom stereocenters. The van der Waals surface area contributed by atoms with Crippen LogP contribution in [0.2, 0.25) is 0 Å². The second kappa shape index (κ2) is 6.13. The molecule has 1 atom stereocenters. The molecule has 1 aliphatic heterocycles. The summed E-state index contributed by atoms with van der Waals surface area (Å²) < 4.78 is 26.3. The molecule has 7 heteroatoms. The van der Waals surface area contributed by atoms with E-state index < -0.39 is 22.1 Å². The number of carbonyl (C=O) groups is 1. The number of aromatic carboxylic acids is 1. The van der Waals surface area contributed by atoms with E-state index in [4.69, 9.17) is 0 Å². The topological polar surface area (TPSA) is 94.9 Å². The zero-order chi connectivity index (χ0) is 15.6. The highest BCUT2D eigenvalue weighted by atomic mass is 32.2. The largest absolute Gasteiger partial charge is 0.478 e. The summed E-state index contributed by atoms with van der Waals surface area (Å²) in [5.41, 5.74) is 0.608. The lowest BCUT2D eigenvalue weighted by molar-refractivity contribution is 0.0695. The minimum Gasteiger partial charge on any atom is -0.478 e. The van der Waals surface area contributed by atoms with E-state index in [0.29, 0.717) is 31.4 Å². The van der Waals surface area contributed by atoms with Gasteiger partial charge >= 0.3 is 5.97 Å². The molecule has 1 fully saturated rings. The maximum absolute atomic E-state index is 12.5. The highest BCUT2D eigenvalue weighted by Crippen LogP contribution is 2.23. The van der Waals surface area contributed by atoms with Gasteiger partial charge in [-0.15, -0.1) is 0 Å². The number of hydrogen-bond donors (Lipinski definition) is 2. The van der Waals surface area contributed by atoms with E-state index in [1.54, 1.807) is 0 Å². The van der Waals surface area contributed by atoms with Gasteiger partial charge in [-0.25, -0.2) is 13.2 Å². The van der Waals surface area contributed by atoms with Gasteiger partial charge < -0.3 is 10.2 Å². The van der Waals surface area contributed by atoms with Crippen molar-refractivity contribution in [2.45, 2.75) is 37.2 Å². The first-order valence-corrected chi connectivity index (χ1v) is 8.34. The summed E-state index contributed by atoms with van der Waals surface area (Å²) in [4.78, 5) is 11.2. The summed E-state index contributed by atoms with van der Waals surface area (Å²) >= 11 is 0. The highest BCUT2D eigenvalue weighted by Gasteiger charge is 2.30. The molecular formula is C14H19NO5S. The smallest absolute Gasteiger partial charge is 0.336 e. The second-order valence-electron chi connectivity index (χ2n) is 5.14. The van der Waals surface area contributed by atoms with Gasteiger partial charge in [-0.1, -0.05) is 13.0 Å². The Morgan fingerprint density at radius 3 is 2.71 bits per heavy atom. The van der Waals surface area contributed by atoms with Crippen molar-refractivity contribution >= 4 is 16.0 Å². The highest BCUT2D eigenvalue weighted by molar-refractivity contribution is 7.89. The van der Waals surface area contributed by atoms with Crippen LogP contribution in [-0.4, -0.2) is 48.1 Å². The van der Waals surface area contributed by atoms with Gasteiger partial charge in [-0.05, 0) is 37.0 Å². The molecule has 2 N–H and O–H groups in total. The summed E-state index contributed by atoms with van der Waals surface area (Å²) in [5, 5.41) is 18.8. The Kier molecular flexibility index (Phi) is 4.65. The first-order valence-electron chi connectivity index (χ1n) is 6.90. The van der Waals surface area contributed by atoms with Crippen molar-refractivity contribution in [1.82, 2.24) is 4.31 Å². The molecule has 1 aliphatic rings. The third-order valence-electron chi connectivity index (χ3n) is 3.69. The summed E-state index contributed by atoms with van der Waals surface area (Å²) in [6.45, 7) is 2.22. The van der Waals surface area contributed by atoms with Gasteiger partial charge in [0.25, 0.3) is 0 Å². The fourth-order valence-corrected chi connectivity index (χ4v) is 4.05. The Bertz CT molecular complexity index is 641. The summed E-state index contributed by atoms with van der Waals surface area (Å²) in [6, 6.07) is 4.18. The van der Waals surface area contributed by atoms with E-state index in [-0.39, 0.29) is 17.0 Å². The quantitative estimate of drug-likeness (QED) is 0.867. The number of carboxylic acid groups (broad SMARTS) is 1. The lowest BCUT2D eigenvalue weighted by Gasteiger charge is -2.29. The molecule has 1 heterocycles. The molecule has 1 aromatic carbocycles. The molecule has 2 rings (SSSR count). The van der Waals surface area contributed by atoms with Crippen LogP contribution in [0.3, 0.4) is 0 Å². The van der Waals surface area contributed by atoms with Gasteiger partial charge in [0.1, 0.15) is 0 Å². The third kappa shape index (κ3) is 3.25. The molecule has 1 saturated heterocycles. The van der Waals surface area contributed by atoms with Crippen molar-refractivity contribution in [3.8, 4) is 0 Å². The van der Waals surface area contributed by atoms with E-state index >= 15 is 0 Å². The number of piperidine rings is 1. The number of aliphatic hydroxyl groups excluding tert-OH is 1. The molecule has 0 amide bonds. The number of aryl methyl sites for hydroxylation is 1. The average molecular weight is 313 g/mol. The molecule has 6 nitrogen and oxygen atoms in total. The second-order valence-corrected chi connectivity index (χ2v) is 7.07. The van der Waals surface area contributed by atoms with Gasteiger partial charge in [-0.3, -0.25) is 0 Å². The van der Waals surface area contributed by atoms with E-state index in [9.17, 15) is 23.4 Å². The van der Waals surface area contributed by atoms with E-state index in [1.807, 2.05) is 6.92 Å². The zero-order valence-electron chi connectivity index (χ0n) is 11.8. The van der Waals surface area contributed by atoms with Crippen molar-refractivity contribution < 1.29 is 23.4 Å². The molecule has 0 aliphatic carbocycles. The average Bonchev–Trinajstić information content (AvgIpc) is 2.46. The first kappa shape index (κ1) is 15.9. The fraction of sp³-hybridized carbons (Fsp3) is 0.500. The van der Waals surface area contributed by atoms with Gasteiger partial charge in [0.2, 0.25) is 10.0 Å². The molecule has 116 valence electrons. The first-order chi connectivity index (χ1) is 9.86. The summed E-state index contributed by atoms with van der Waals surface area (Å²) in [6.07, 6.45) is 1.03. The lowest BCUT2D eigenvalue weighted by Crippen LogP contribution is -2.42. The van der Waals surface area contributed by atoms with Crippen molar-refractivity contribution in [3.05, 3.63) is 29.3 Å². The minimum absolute atomic E-state index is 0.0103. The van der Waals surface area contributed by atoms with E-state index in [0.717, 1.165) is 0 Å². The third-order valence-corrected chi connectivity index (χ3v) is 5.55. The Labute approximate surface area is 124 Å². The SMILES string of the molecule is CCc1ccc(S(=O)(=O)N2CCC[C@H](O)C2)cc1C(=O)O. The fourth-order valence-electron chi connectivity index (χ4n) is 2.51. The van der Waals surface area contributed by atoms with Crippen molar-refractivity contribution in [3.63, 3.8) is 0 Å². The Hall–Kier alpha value is -1.44. The Morgan fingerprint density at radius 1 is 1.43 bits per heavy atom. The number of benzene rings is 1. The van der Waals surface area contributed by atoms with Gasteiger partial charge in [0.05, 0.1) is 16.6 Å². The van der Waals surface area contributed by atoms with Crippen LogP contribution in [0.25, 0.3) is 0 Å². The van der Waals surface area contributed by atoms with Crippen LogP contribution < -0.4 is 0 Å². The monoisotopic (exact) mass is 313 g/mol. The van der Waals surface area contributed by atoms with E-state index in [1.165, 1.54) is 22.5 Å². The number of carboxylic acids is 1. The lowest BCUT2D eigenvalue weighted by atomic mass is 10.1. The number of rotatable bonds is 4. The number of nitrogens with zero attached hydrogens (tertiary/aromatic N) is 1. The molecular weight excluding hydrogens is 294 g/mol.